The van der Waals surface area contributed by atoms with E-state index in [0.717, 1.165) is 26.1 Å². The molecule has 7 nitrogen and oxygen atoms in total. The first-order valence-corrected chi connectivity index (χ1v) is 7.24. The average molecular weight is 423 g/mol. The molecule has 0 fully saturated rings. The van der Waals surface area contributed by atoms with Gasteiger partial charge >= 0.3 is 5.97 Å². The predicted octanol–water partition coefficient (Wildman–Crippen LogP) is 1.26. The number of hydrogen-bond acceptors (Lipinski definition) is 4. The number of ether oxygens (including phenoxy) is 1. The number of aryl methyl sites for hydroxylation is 1. The molecule has 1 aromatic rings. The van der Waals surface area contributed by atoms with Gasteiger partial charge in [-0.3, -0.25) is 14.5 Å². The van der Waals surface area contributed by atoms with Crippen molar-refractivity contribution in [2.24, 2.45) is 10.9 Å². The molecule has 1 atom stereocenters. The maximum absolute atomic E-state index is 11.3. The molecular weight excluding hydrogens is 397 g/mol. The largest absolute Gasteiger partial charge is 0.469 e. The third-order valence-corrected chi connectivity index (χ3v) is 2.89. The normalized spacial score (nSPS) is 12.2. The second-order valence-electron chi connectivity index (χ2n) is 4.69. The number of carbonyl (C=O) groups is 1. The number of nitrogens with one attached hydrogen (secondary N) is 2. The first-order valence-electron chi connectivity index (χ1n) is 7.24. The zero-order chi connectivity index (χ0) is 15.5. The summed E-state index contributed by atoms with van der Waals surface area (Å²) >= 11 is 0. The molecule has 1 unspecified atom stereocenters. The molecule has 126 valence electrons. The maximum atomic E-state index is 11.3. The molecule has 22 heavy (non-hydrogen) atoms. The zero-order valence-corrected chi connectivity index (χ0v) is 15.7. The summed E-state index contributed by atoms with van der Waals surface area (Å²) in [5, 5.41) is 10.5. The van der Waals surface area contributed by atoms with Gasteiger partial charge in [0, 0.05) is 32.0 Å². The molecule has 0 amide bonds. The van der Waals surface area contributed by atoms with Crippen LogP contribution in [-0.4, -0.2) is 48.5 Å². The van der Waals surface area contributed by atoms with Crippen LogP contribution in [-0.2, 0) is 16.1 Å². The Labute approximate surface area is 148 Å². The molecule has 0 saturated heterocycles. The SMILES string of the molecule is CCNC(=NCC(C)C(=O)OC)NCCCn1cccn1.I. The Morgan fingerprint density at radius 2 is 2.23 bits per heavy atom. The molecule has 0 aliphatic rings. The van der Waals surface area contributed by atoms with Crippen molar-refractivity contribution in [3.05, 3.63) is 18.5 Å². The number of aliphatic imine (C=N–C) groups is 1. The third kappa shape index (κ3) is 8.20. The van der Waals surface area contributed by atoms with Gasteiger partial charge in [0.15, 0.2) is 5.96 Å². The third-order valence-electron chi connectivity index (χ3n) is 2.89. The highest BCUT2D eigenvalue weighted by Crippen LogP contribution is 1.98. The quantitative estimate of drug-likeness (QED) is 0.216. The van der Waals surface area contributed by atoms with Gasteiger partial charge in [0.2, 0.25) is 0 Å². The van der Waals surface area contributed by atoms with E-state index in [4.69, 9.17) is 0 Å². The van der Waals surface area contributed by atoms with Crippen LogP contribution in [0.4, 0.5) is 0 Å². The van der Waals surface area contributed by atoms with E-state index >= 15 is 0 Å². The summed E-state index contributed by atoms with van der Waals surface area (Å²) in [6, 6.07) is 1.91. The molecule has 0 spiro atoms. The Kier molecular flexibility index (Phi) is 11.5. The number of esters is 1. The minimum Gasteiger partial charge on any atom is -0.469 e. The van der Waals surface area contributed by atoms with E-state index in [1.807, 2.05) is 23.9 Å². The smallest absolute Gasteiger partial charge is 0.310 e. The van der Waals surface area contributed by atoms with Crippen molar-refractivity contribution in [1.82, 2.24) is 20.4 Å². The van der Waals surface area contributed by atoms with Crippen LogP contribution in [0, 0.1) is 5.92 Å². The van der Waals surface area contributed by atoms with Crippen molar-refractivity contribution < 1.29 is 9.53 Å². The molecule has 0 aliphatic heterocycles. The van der Waals surface area contributed by atoms with E-state index < -0.39 is 0 Å². The molecular formula is C14H26IN5O2. The van der Waals surface area contributed by atoms with E-state index in [1.165, 1.54) is 7.11 Å². The van der Waals surface area contributed by atoms with E-state index in [2.05, 4.69) is 25.5 Å². The van der Waals surface area contributed by atoms with Crippen molar-refractivity contribution in [3.8, 4) is 0 Å². The van der Waals surface area contributed by atoms with Gasteiger partial charge < -0.3 is 15.4 Å². The average Bonchev–Trinajstić information content (AvgIpc) is 3.01. The summed E-state index contributed by atoms with van der Waals surface area (Å²) < 4.78 is 6.58. The topological polar surface area (TPSA) is 80.5 Å². The number of hydrogen-bond donors (Lipinski definition) is 2. The van der Waals surface area contributed by atoms with Gasteiger partial charge in [0.1, 0.15) is 0 Å². The lowest BCUT2D eigenvalue weighted by atomic mass is 10.2. The Hall–Kier alpha value is -1.32. The zero-order valence-electron chi connectivity index (χ0n) is 13.4. The van der Waals surface area contributed by atoms with Crippen molar-refractivity contribution in [2.75, 3.05) is 26.7 Å². The highest BCUT2D eigenvalue weighted by atomic mass is 127. The van der Waals surface area contributed by atoms with Gasteiger partial charge in [-0.25, -0.2) is 0 Å². The van der Waals surface area contributed by atoms with Gasteiger partial charge in [0.25, 0.3) is 0 Å². The summed E-state index contributed by atoms with van der Waals surface area (Å²) in [6.45, 7) is 6.64. The Morgan fingerprint density at radius 3 is 2.82 bits per heavy atom. The minimum atomic E-state index is -0.242. The first kappa shape index (κ1) is 20.7. The molecule has 0 aliphatic carbocycles. The van der Waals surface area contributed by atoms with Crippen molar-refractivity contribution in [1.29, 1.82) is 0 Å². The maximum Gasteiger partial charge on any atom is 0.310 e. The van der Waals surface area contributed by atoms with Crippen molar-refractivity contribution >= 4 is 35.9 Å². The van der Waals surface area contributed by atoms with Gasteiger partial charge in [0.05, 0.1) is 19.6 Å². The van der Waals surface area contributed by atoms with Gasteiger partial charge in [-0.15, -0.1) is 24.0 Å². The fourth-order valence-corrected chi connectivity index (χ4v) is 1.73. The van der Waals surface area contributed by atoms with Gasteiger partial charge in [-0.05, 0) is 19.4 Å². The van der Waals surface area contributed by atoms with Crippen LogP contribution >= 0.6 is 24.0 Å². The van der Waals surface area contributed by atoms with Crippen LogP contribution in [0.2, 0.25) is 0 Å². The molecule has 2 N–H and O–H groups in total. The van der Waals surface area contributed by atoms with Gasteiger partial charge in [-0.2, -0.15) is 5.10 Å². The van der Waals surface area contributed by atoms with E-state index in [1.54, 1.807) is 13.1 Å². The van der Waals surface area contributed by atoms with E-state index in [-0.39, 0.29) is 35.9 Å². The second-order valence-corrected chi connectivity index (χ2v) is 4.69. The fraction of sp³-hybridized carbons (Fsp3) is 0.643. The van der Waals surface area contributed by atoms with Gasteiger partial charge in [-0.1, -0.05) is 6.92 Å². The minimum absolute atomic E-state index is 0. The lowest BCUT2D eigenvalue weighted by Gasteiger charge is -2.12. The standard InChI is InChI=1S/C14H25N5O2.HI/c1-4-15-14(17-11-12(2)13(20)21-3)16-7-5-9-19-10-6-8-18-19;/h6,8,10,12H,4-5,7,9,11H2,1-3H3,(H2,15,16,17);1H. The van der Waals surface area contributed by atoms with Crippen LogP contribution in [0.5, 0.6) is 0 Å². The molecule has 0 bridgehead atoms. The Morgan fingerprint density at radius 1 is 1.45 bits per heavy atom. The van der Waals surface area contributed by atoms with Crippen LogP contribution < -0.4 is 10.6 Å². The molecule has 0 saturated carbocycles. The summed E-state index contributed by atoms with van der Waals surface area (Å²) in [5.74, 6) is 0.233. The molecule has 1 heterocycles. The summed E-state index contributed by atoms with van der Waals surface area (Å²) in [5.41, 5.74) is 0. The predicted molar refractivity (Wildman–Crippen MR) is 97.4 cm³/mol. The number of methoxy groups -OCH3 is 1. The number of nitrogens with zero attached hydrogens (tertiary/aromatic N) is 3. The summed E-state index contributed by atoms with van der Waals surface area (Å²) in [7, 11) is 1.39. The lowest BCUT2D eigenvalue weighted by Crippen LogP contribution is -2.38. The highest BCUT2D eigenvalue weighted by molar-refractivity contribution is 14.0. The lowest BCUT2D eigenvalue weighted by molar-refractivity contribution is -0.144. The van der Waals surface area contributed by atoms with E-state index in [9.17, 15) is 4.79 Å². The Bertz CT molecular complexity index is 436. The number of guanidine groups is 1. The van der Waals surface area contributed by atoms with E-state index in [0.29, 0.717) is 12.5 Å². The number of carbonyl (C=O) groups excluding carboxylic acids is 1. The molecule has 0 radical (unpaired) electrons. The Balaban J connectivity index is 0.00000441. The van der Waals surface area contributed by atoms with Crippen LogP contribution in [0.1, 0.15) is 20.3 Å². The summed E-state index contributed by atoms with van der Waals surface area (Å²) in [4.78, 5) is 15.7. The van der Waals surface area contributed by atoms with Crippen LogP contribution in [0.25, 0.3) is 0 Å². The van der Waals surface area contributed by atoms with Crippen LogP contribution in [0.15, 0.2) is 23.5 Å². The van der Waals surface area contributed by atoms with Crippen LogP contribution in [0.3, 0.4) is 0 Å². The number of halogens is 1. The summed E-state index contributed by atoms with van der Waals surface area (Å²) in [6.07, 6.45) is 4.66. The highest BCUT2D eigenvalue weighted by Gasteiger charge is 2.12. The molecule has 8 heteroatoms. The molecule has 1 rings (SSSR count). The molecule has 0 aromatic carbocycles. The molecule has 1 aromatic heterocycles. The number of aromatic nitrogens is 2. The van der Waals surface area contributed by atoms with Crippen molar-refractivity contribution in [2.45, 2.75) is 26.8 Å². The fourth-order valence-electron chi connectivity index (χ4n) is 1.73. The number of rotatable bonds is 8. The second kappa shape index (κ2) is 12.2. The monoisotopic (exact) mass is 423 g/mol. The van der Waals surface area contributed by atoms with Crippen molar-refractivity contribution in [3.63, 3.8) is 0 Å². The first-order chi connectivity index (χ1) is 10.2.